The second kappa shape index (κ2) is 8.33. The summed E-state index contributed by atoms with van der Waals surface area (Å²) in [5.41, 5.74) is 0.970. The third kappa shape index (κ3) is 4.16. The van der Waals surface area contributed by atoms with Crippen LogP contribution in [0.1, 0.15) is 19.4 Å². The number of carbonyl (C=O) groups excluding carboxylic acids is 2. The zero-order chi connectivity index (χ0) is 18.7. The maximum absolute atomic E-state index is 13.3. The van der Waals surface area contributed by atoms with E-state index >= 15 is 0 Å². The molecule has 26 heavy (non-hydrogen) atoms. The van der Waals surface area contributed by atoms with Crippen LogP contribution in [-0.4, -0.2) is 66.3 Å². The van der Waals surface area contributed by atoms with Gasteiger partial charge in [-0.3, -0.25) is 19.4 Å². The van der Waals surface area contributed by atoms with Crippen molar-refractivity contribution in [1.29, 1.82) is 0 Å². The monoisotopic (exact) mass is 378 g/mol. The van der Waals surface area contributed by atoms with Gasteiger partial charge in [0.1, 0.15) is 5.82 Å². The SMILES string of the molecule is CC(C)SC1=C(c2ccc(F)cc2)C(=O)N(CCN2CCOCC2)C1=O. The van der Waals surface area contributed by atoms with Crippen LogP contribution in [0.2, 0.25) is 0 Å². The van der Waals surface area contributed by atoms with Crippen molar-refractivity contribution in [3.63, 3.8) is 0 Å². The van der Waals surface area contributed by atoms with E-state index in [-0.39, 0.29) is 22.9 Å². The lowest BCUT2D eigenvalue weighted by Gasteiger charge is -2.28. The molecule has 0 saturated carbocycles. The minimum atomic E-state index is -0.367. The van der Waals surface area contributed by atoms with Crippen LogP contribution in [0.25, 0.3) is 5.57 Å². The molecule has 2 heterocycles. The molecule has 0 bridgehead atoms. The summed E-state index contributed by atoms with van der Waals surface area (Å²) in [6.07, 6.45) is 0. The predicted octanol–water partition coefficient (Wildman–Crippen LogP) is 2.38. The van der Waals surface area contributed by atoms with Crippen LogP contribution in [0.15, 0.2) is 29.2 Å². The van der Waals surface area contributed by atoms with Crippen molar-refractivity contribution in [2.24, 2.45) is 0 Å². The zero-order valence-corrected chi connectivity index (χ0v) is 15.9. The fourth-order valence-electron chi connectivity index (χ4n) is 3.04. The molecule has 1 aromatic rings. The highest BCUT2D eigenvalue weighted by molar-refractivity contribution is 8.04. The van der Waals surface area contributed by atoms with Gasteiger partial charge in [-0.25, -0.2) is 4.39 Å². The summed E-state index contributed by atoms with van der Waals surface area (Å²) < 4.78 is 18.6. The molecule has 1 fully saturated rings. The number of hydrogen-bond donors (Lipinski definition) is 0. The molecular weight excluding hydrogens is 355 g/mol. The van der Waals surface area contributed by atoms with Gasteiger partial charge in [0.25, 0.3) is 11.8 Å². The molecule has 1 saturated heterocycles. The smallest absolute Gasteiger partial charge is 0.268 e. The summed E-state index contributed by atoms with van der Waals surface area (Å²) in [4.78, 5) is 29.8. The number of rotatable bonds is 6. The van der Waals surface area contributed by atoms with E-state index in [0.29, 0.717) is 42.3 Å². The van der Waals surface area contributed by atoms with Gasteiger partial charge >= 0.3 is 0 Å². The minimum Gasteiger partial charge on any atom is -0.379 e. The molecule has 0 atom stereocenters. The van der Waals surface area contributed by atoms with Crippen molar-refractivity contribution in [2.75, 3.05) is 39.4 Å². The highest BCUT2D eigenvalue weighted by Crippen LogP contribution is 2.37. The number of imide groups is 1. The van der Waals surface area contributed by atoms with Gasteiger partial charge in [0, 0.05) is 31.4 Å². The number of nitrogens with zero attached hydrogens (tertiary/aromatic N) is 2. The Bertz CT molecular complexity index is 712. The fraction of sp³-hybridized carbons (Fsp3) is 0.474. The molecule has 0 N–H and O–H groups in total. The molecule has 1 aromatic carbocycles. The Morgan fingerprint density at radius 2 is 1.73 bits per heavy atom. The van der Waals surface area contributed by atoms with Gasteiger partial charge in [-0.05, 0) is 17.7 Å². The quantitative estimate of drug-likeness (QED) is 0.712. The van der Waals surface area contributed by atoms with Gasteiger partial charge in [-0.15, -0.1) is 11.8 Å². The molecule has 3 rings (SSSR count). The molecule has 0 spiro atoms. The normalized spacial score (nSPS) is 19.2. The van der Waals surface area contributed by atoms with Crippen LogP contribution in [0.4, 0.5) is 4.39 Å². The van der Waals surface area contributed by atoms with Gasteiger partial charge in [0.15, 0.2) is 0 Å². The van der Waals surface area contributed by atoms with Crippen LogP contribution in [-0.2, 0) is 14.3 Å². The molecule has 0 aliphatic carbocycles. The Balaban J connectivity index is 1.81. The maximum Gasteiger partial charge on any atom is 0.268 e. The first-order valence-corrected chi connectivity index (χ1v) is 9.68. The average Bonchev–Trinajstić information content (AvgIpc) is 2.85. The number of halogens is 1. The van der Waals surface area contributed by atoms with E-state index in [1.807, 2.05) is 13.8 Å². The summed E-state index contributed by atoms with van der Waals surface area (Å²) in [6, 6.07) is 5.74. The number of benzene rings is 1. The average molecular weight is 378 g/mol. The second-order valence-corrected chi connectivity index (χ2v) is 8.18. The van der Waals surface area contributed by atoms with E-state index in [1.54, 1.807) is 12.1 Å². The summed E-state index contributed by atoms with van der Waals surface area (Å²) in [7, 11) is 0. The van der Waals surface area contributed by atoms with Gasteiger partial charge in [0.05, 0.1) is 23.7 Å². The number of morpholine rings is 1. The van der Waals surface area contributed by atoms with Gasteiger partial charge < -0.3 is 4.74 Å². The van der Waals surface area contributed by atoms with Crippen molar-refractivity contribution in [3.05, 3.63) is 40.6 Å². The Morgan fingerprint density at radius 3 is 2.35 bits per heavy atom. The van der Waals surface area contributed by atoms with Crippen LogP contribution in [0, 0.1) is 5.82 Å². The number of carbonyl (C=O) groups is 2. The second-order valence-electron chi connectivity index (χ2n) is 6.59. The predicted molar refractivity (Wildman–Crippen MR) is 100 cm³/mol. The number of ether oxygens (including phenoxy) is 1. The molecule has 140 valence electrons. The maximum atomic E-state index is 13.3. The zero-order valence-electron chi connectivity index (χ0n) is 15.0. The van der Waals surface area contributed by atoms with Crippen LogP contribution in [0.3, 0.4) is 0 Å². The summed E-state index contributed by atoms with van der Waals surface area (Å²) in [5.74, 6) is -0.910. The third-order valence-corrected chi connectivity index (χ3v) is 5.44. The Kier molecular flexibility index (Phi) is 6.11. The fourth-order valence-corrected chi connectivity index (χ4v) is 4.04. The molecule has 0 radical (unpaired) electrons. The van der Waals surface area contributed by atoms with E-state index < -0.39 is 0 Å². The van der Waals surface area contributed by atoms with E-state index in [2.05, 4.69) is 4.90 Å². The van der Waals surface area contributed by atoms with Crippen molar-refractivity contribution >= 4 is 29.1 Å². The lowest BCUT2D eigenvalue weighted by atomic mass is 10.1. The van der Waals surface area contributed by atoms with Crippen molar-refractivity contribution in [1.82, 2.24) is 9.80 Å². The Hall–Kier alpha value is -1.70. The van der Waals surface area contributed by atoms with Crippen LogP contribution in [0.5, 0.6) is 0 Å². The first-order valence-electron chi connectivity index (χ1n) is 8.80. The van der Waals surface area contributed by atoms with E-state index in [4.69, 9.17) is 4.74 Å². The highest BCUT2D eigenvalue weighted by atomic mass is 32.2. The van der Waals surface area contributed by atoms with Crippen molar-refractivity contribution in [2.45, 2.75) is 19.1 Å². The number of hydrogen-bond acceptors (Lipinski definition) is 5. The molecule has 7 heteroatoms. The van der Waals surface area contributed by atoms with Gasteiger partial charge in [0.2, 0.25) is 0 Å². The first kappa shape index (κ1) is 19.1. The molecule has 2 amide bonds. The van der Waals surface area contributed by atoms with Crippen molar-refractivity contribution < 1.29 is 18.7 Å². The minimum absolute atomic E-state index is 0.163. The lowest BCUT2D eigenvalue weighted by Crippen LogP contribution is -2.43. The number of amides is 2. The van der Waals surface area contributed by atoms with Crippen LogP contribution < -0.4 is 0 Å². The number of thioether (sulfide) groups is 1. The largest absolute Gasteiger partial charge is 0.379 e. The molecule has 0 aromatic heterocycles. The first-order chi connectivity index (χ1) is 12.5. The van der Waals surface area contributed by atoms with E-state index in [0.717, 1.165) is 13.1 Å². The highest BCUT2D eigenvalue weighted by Gasteiger charge is 2.39. The van der Waals surface area contributed by atoms with Gasteiger partial charge in [-0.1, -0.05) is 26.0 Å². The molecular formula is C19H23FN2O3S. The standard InChI is InChI=1S/C19H23FN2O3S/c1-13(2)26-17-16(14-3-5-15(20)6-4-14)18(23)22(19(17)24)8-7-21-9-11-25-12-10-21/h3-6,13H,7-12H2,1-2H3. The third-order valence-electron chi connectivity index (χ3n) is 4.36. The molecule has 5 nitrogen and oxygen atoms in total. The molecule has 2 aliphatic heterocycles. The van der Waals surface area contributed by atoms with Gasteiger partial charge in [-0.2, -0.15) is 0 Å². The van der Waals surface area contributed by atoms with Crippen molar-refractivity contribution in [3.8, 4) is 0 Å². The Labute approximate surface area is 157 Å². The summed E-state index contributed by atoms with van der Waals surface area (Å²) in [5, 5.41) is 0.163. The van der Waals surface area contributed by atoms with Crippen LogP contribution >= 0.6 is 11.8 Å². The summed E-state index contributed by atoms with van der Waals surface area (Å²) in [6.45, 7) is 7.92. The summed E-state index contributed by atoms with van der Waals surface area (Å²) >= 11 is 1.39. The molecule has 0 unspecified atom stereocenters. The Morgan fingerprint density at radius 1 is 1.08 bits per heavy atom. The topological polar surface area (TPSA) is 49.9 Å². The lowest BCUT2D eigenvalue weighted by molar-refractivity contribution is -0.136. The molecule has 2 aliphatic rings. The van der Waals surface area contributed by atoms with E-state index in [1.165, 1.54) is 28.8 Å². The van der Waals surface area contributed by atoms with E-state index in [9.17, 15) is 14.0 Å².